The topological polar surface area (TPSA) is 69.2 Å². The molecule has 0 aliphatic heterocycles. The molecule has 2 N–H and O–H groups in total. The average molecular weight is 372 g/mol. The lowest BCUT2D eigenvalue weighted by Gasteiger charge is -2.09. The highest BCUT2D eigenvalue weighted by molar-refractivity contribution is 9.11. The highest BCUT2D eigenvalue weighted by Gasteiger charge is 2.17. The third-order valence-electron chi connectivity index (χ3n) is 2.49. The minimum Gasteiger partial charge on any atom is -0.397 e. The molecule has 92 valence electrons. The van der Waals surface area contributed by atoms with E-state index in [0.717, 1.165) is 4.47 Å². The third-order valence-corrected chi connectivity index (χ3v) is 3.60. The van der Waals surface area contributed by atoms with Crippen LogP contribution in [-0.4, -0.2) is 4.92 Å². The lowest BCUT2D eigenvalue weighted by molar-refractivity contribution is -0.384. The van der Waals surface area contributed by atoms with Crippen LogP contribution in [0.1, 0.15) is 0 Å². The average Bonchev–Trinajstić information content (AvgIpc) is 2.33. The summed E-state index contributed by atoms with van der Waals surface area (Å²) in [5.74, 6) is 0. The Balaban J connectivity index is 2.73. The maximum absolute atomic E-state index is 11.0. The zero-order valence-corrected chi connectivity index (χ0v) is 12.2. The molecular weight excluding hydrogens is 364 g/mol. The summed E-state index contributed by atoms with van der Waals surface area (Å²) in [7, 11) is 0. The molecule has 6 heteroatoms. The first-order valence-electron chi connectivity index (χ1n) is 4.99. The van der Waals surface area contributed by atoms with Gasteiger partial charge in [-0.2, -0.15) is 0 Å². The molecule has 2 aromatic rings. The Morgan fingerprint density at radius 1 is 1.11 bits per heavy atom. The van der Waals surface area contributed by atoms with Crippen molar-refractivity contribution in [3.8, 4) is 11.1 Å². The summed E-state index contributed by atoms with van der Waals surface area (Å²) in [6.45, 7) is 0. The van der Waals surface area contributed by atoms with Gasteiger partial charge in [-0.05, 0) is 34.1 Å². The first-order chi connectivity index (χ1) is 8.50. The Morgan fingerprint density at radius 3 is 2.44 bits per heavy atom. The Morgan fingerprint density at radius 2 is 1.78 bits per heavy atom. The van der Waals surface area contributed by atoms with Crippen LogP contribution in [0.15, 0.2) is 45.3 Å². The van der Waals surface area contributed by atoms with Crippen LogP contribution < -0.4 is 5.73 Å². The fraction of sp³-hybridized carbons (Fsp3) is 0. The second kappa shape index (κ2) is 5.07. The number of halogens is 2. The number of nitro benzene ring substituents is 1. The summed E-state index contributed by atoms with van der Waals surface area (Å²) >= 11 is 6.68. The van der Waals surface area contributed by atoms with Gasteiger partial charge in [0.25, 0.3) is 5.69 Å². The Labute approximate surface area is 120 Å². The van der Waals surface area contributed by atoms with E-state index in [1.54, 1.807) is 30.3 Å². The third kappa shape index (κ3) is 2.39. The number of benzene rings is 2. The number of nitrogens with two attached hydrogens (primary N) is 1. The molecule has 0 radical (unpaired) electrons. The first-order valence-corrected chi connectivity index (χ1v) is 6.57. The Bertz CT molecular complexity index is 629. The second-order valence-corrected chi connectivity index (χ2v) is 5.39. The number of nitrogen functional groups attached to an aromatic ring is 1. The van der Waals surface area contributed by atoms with Gasteiger partial charge < -0.3 is 5.73 Å². The molecule has 0 fully saturated rings. The minimum atomic E-state index is -0.413. The Hall–Kier alpha value is -1.40. The van der Waals surface area contributed by atoms with Gasteiger partial charge in [0, 0.05) is 20.6 Å². The van der Waals surface area contributed by atoms with E-state index >= 15 is 0 Å². The summed E-state index contributed by atoms with van der Waals surface area (Å²) in [4.78, 5) is 10.6. The van der Waals surface area contributed by atoms with Crippen molar-refractivity contribution in [2.75, 3.05) is 5.73 Å². The van der Waals surface area contributed by atoms with Crippen molar-refractivity contribution in [1.29, 1.82) is 0 Å². The number of para-hydroxylation sites is 1. The van der Waals surface area contributed by atoms with E-state index in [9.17, 15) is 10.1 Å². The summed E-state index contributed by atoms with van der Waals surface area (Å²) < 4.78 is 1.50. The van der Waals surface area contributed by atoms with Crippen LogP contribution in [0.3, 0.4) is 0 Å². The largest absolute Gasteiger partial charge is 0.397 e. The van der Waals surface area contributed by atoms with Crippen LogP contribution in [0.4, 0.5) is 11.4 Å². The predicted octanol–water partition coefficient (Wildman–Crippen LogP) is 4.37. The van der Waals surface area contributed by atoms with Gasteiger partial charge in [-0.25, -0.2) is 0 Å². The van der Waals surface area contributed by atoms with Crippen molar-refractivity contribution in [3.63, 3.8) is 0 Å². The minimum absolute atomic E-state index is 0.0363. The van der Waals surface area contributed by atoms with E-state index in [1.165, 1.54) is 6.07 Å². The van der Waals surface area contributed by atoms with Gasteiger partial charge in [-0.3, -0.25) is 10.1 Å². The highest BCUT2D eigenvalue weighted by Crippen LogP contribution is 2.38. The van der Waals surface area contributed by atoms with Crippen molar-refractivity contribution in [2.45, 2.75) is 0 Å². The van der Waals surface area contributed by atoms with E-state index in [-0.39, 0.29) is 5.69 Å². The zero-order valence-electron chi connectivity index (χ0n) is 9.06. The van der Waals surface area contributed by atoms with Gasteiger partial charge >= 0.3 is 0 Å². The SMILES string of the molecule is Nc1c(Br)cc(Br)cc1-c1ccccc1[N+](=O)[O-]. The number of hydrogen-bond donors (Lipinski definition) is 1. The standard InChI is InChI=1S/C12H8Br2N2O2/c13-7-5-9(12(15)10(14)6-7)8-3-1-2-4-11(8)16(17)18/h1-6H,15H2. The molecule has 0 aromatic heterocycles. The summed E-state index contributed by atoms with van der Waals surface area (Å²) in [6.07, 6.45) is 0. The zero-order chi connectivity index (χ0) is 13.3. The maximum atomic E-state index is 11.0. The van der Waals surface area contributed by atoms with Gasteiger partial charge in [0.1, 0.15) is 0 Å². The number of rotatable bonds is 2. The molecule has 0 saturated carbocycles. The molecule has 18 heavy (non-hydrogen) atoms. The fourth-order valence-electron chi connectivity index (χ4n) is 1.67. The van der Waals surface area contributed by atoms with Gasteiger partial charge in [0.05, 0.1) is 16.2 Å². The molecule has 0 saturated heterocycles. The van der Waals surface area contributed by atoms with Gasteiger partial charge in [0.15, 0.2) is 0 Å². The molecule has 0 bridgehead atoms. The lowest BCUT2D eigenvalue weighted by Crippen LogP contribution is -1.96. The number of hydrogen-bond acceptors (Lipinski definition) is 3. The van der Waals surface area contributed by atoms with Crippen molar-refractivity contribution >= 4 is 43.2 Å². The van der Waals surface area contributed by atoms with E-state index in [1.807, 2.05) is 0 Å². The summed E-state index contributed by atoms with van der Waals surface area (Å²) in [5.41, 5.74) is 7.61. The number of nitrogens with zero attached hydrogens (tertiary/aromatic N) is 1. The summed E-state index contributed by atoms with van der Waals surface area (Å²) in [5, 5.41) is 11.0. The van der Waals surface area contributed by atoms with E-state index < -0.39 is 4.92 Å². The fourth-order valence-corrected chi connectivity index (χ4v) is 2.89. The molecule has 0 aliphatic carbocycles. The molecule has 0 spiro atoms. The van der Waals surface area contributed by atoms with Gasteiger partial charge in [-0.1, -0.05) is 28.1 Å². The predicted molar refractivity (Wildman–Crippen MR) is 78.3 cm³/mol. The maximum Gasteiger partial charge on any atom is 0.277 e. The normalized spacial score (nSPS) is 10.3. The molecular formula is C12H8Br2N2O2. The molecule has 4 nitrogen and oxygen atoms in total. The number of nitro groups is 1. The molecule has 2 rings (SSSR count). The molecule has 0 amide bonds. The van der Waals surface area contributed by atoms with Crippen molar-refractivity contribution in [1.82, 2.24) is 0 Å². The van der Waals surface area contributed by atoms with Gasteiger partial charge in [-0.15, -0.1) is 0 Å². The molecule has 0 unspecified atom stereocenters. The van der Waals surface area contributed by atoms with Crippen molar-refractivity contribution in [2.24, 2.45) is 0 Å². The van der Waals surface area contributed by atoms with Gasteiger partial charge in [0.2, 0.25) is 0 Å². The second-order valence-electron chi connectivity index (χ2n) is 3.62. The molecule has 0 atom stereocenters. The van der Waals surface area contributed by atoms with Crippen LogP contribution in [0, 0.1) is 10.1 Å². The van der Waals surface area contributed by atoms with E-state index in [2.05, 4.69) is 31.9 Å². The Kier molecular flexibility index (Phi) is 3.68. The monoisotopic (exact) mass is 370 g/mol. The molecule has 0 heterocycles. The van der Waals surface area contributed by atoms with Crippen molar-refractivity contribution < 1.29 is 4.92 Å². The number of anilines is 1. The van der Waals surface area contributed by atoms with Crippen LogP contribution >= 0.6 is 31.9 Å². The van der Waals surface area contributed by atoms with Crippen LogP contribution in [0.5, 0.6) is 0 Å². The van der Waals surface area contributed by atoms with E-state index in [4.69, 9.17) is 5.73 Å². The van der Waals surface area contributed by atoms with Crippen molar-refractivity contribution in [3.05, 3.63) is 55.5 Å². The van der Waals surface area contributed by atoms with Crippen LogP contribution in [0.2, 0.25) is 0 Å². The summed E-state index contributed by atoms with van der Waals surface area (Å²) in [6, 6.07) is 10.1. The lowest BCUT2D eigenvalue weighted by atomic mass is 10.0. The quantitative estimate of drug-likeness (QED) is 0.484. The molecule has 0 aliphatic rings. The van der Waals surface area contributed by atoms with E-state index in [0.29, 0.717) is 21.3 Å². The first kappa shape index (κ1) is 13.0. The van der Waals surface area contributed by atoms with Crippen LogP contribution in [0.25, 0.3) is 11.1 Å². The smallest absolute Gasteiger partial charge is 0.277 e. The highest BCUT2D eigenvalue weighted by atomic mass is 79.9. The molecule has 2 aromatic carbocycles. The van der Waals surface area contributed by atoms with Crippen LogP contribution in [-0.2, 0) is 0 Å².